The lowest BCUT2D eigenvalue weighted by Crippen LogP contribution is -2.40. The van der Waals surface area contributed by atoms with Crippen LogP contribution in [0.25, 0.3) is 0 Å². The van der Waals surface area contributed by atoms with Crippen LogP contribution in [-0.4, -0.2) is 49.4 Å². The van der Waals surface area contributed by atoms with E-state index in [0.717, 1.165) is 37.4 Å². The molecule has 0 spiro atoms. The fraction of sp³-hybridized carbons (Fsp3) is 0.500. The van der Waals surface area contributed by atoms with E-state index < -0.39 is 17.6 Å². The molecule has 2 saturated heterocycles. The van der Waals surface area contributed by atoms with Crippen molar-refractivity contribution in [3.05, 3.63) is 35.4 Å². The number of fused-ring (bicyclic) bond motifs is 1. The van der Waals surface area contributed by atoms with Gasteiger partial charge in [0.2, 0.25) is 5.91 Å². The van der Waals surface area contributed by atoms with Crippen molar-refractivity contribution in [2.45, 2.75) is 6.18 Å². The molecule has 25 heavy (non-hydrogen) atoms. The Morgan fingerprint density at radius 3 is 2.20 bits per heavy atom. The number of hydrogen-bond donors (Lipinski definition) is 2. The van der Waals surface area contributed by atoms with Crippen LogP contribution in [0, 0.1) is 11.8 Å². The van der Waals surface area contributed by atoms with E-state index in [0.29, 0.717) is 24.9 Å². The maximum absolute atomic E-state index is 12.5. The first-order valence-corrected chi connectivity index (χ1v) is 7.78. The number of nitrogens with zero attached hydrogens (tertiary/aromatic N) is 1. The molecule has 9 heteroatoms. The first kappa shape index (κ1) is 19.5. The predicted octanol–water partition coefficient (Wildman–Crippen LogP) is 1.53. The summed E-state index contributed by atoms with van der Waals surface area (Å²) < 4.78 is 37.5. The van der Waals surface area contributed by atoms with E-state index in [4.69, 9.17) is 0 Å². The molecule has 3 rings (SSSR count). The molecule has 0 aliphatic carbocycles. The van der Waals surface area contributed by atoms with Gasteiger partial charge in [0, 0.05) is 31.7 Å². The minimum Gasteiger partial charge on any atom is -0.343 e. The molecule has 0 bridgehead atoms. The topological polar surface area (TPSA) is 61.4 Å². The maximum Gasteiger partial charge on any atom is 0.416 e. The zero-order valence-corrected chi connectivity index (χ0v) is 14.1. The van der Waals surface area contributed by atoms with Gasteiger partial charge in [-0.25, -0.2) is 0 Å². The van der Waals surface area contributed by atoms with Gasteiger partial charge >= 0.3 is 6.18 Å². The number of nitrogens with one attached hydrogen (secondary N) is 2. The summed E-state index contributed by atoms with van der Waals surface area (Å²) in [6, 6.07) is 3.92. The number of likely N-dealkylation sites (tertiary alicyclic amines) is 1. The molecule has 2 heterocycles. The molecule has 1 aromatic rings. The Morgan fingerprint density at radius 1 is 1.12 bits per heavy atom. The van der Waals surface area contributed by atoms with Crippen LogP contribution in [0.4, 0.5) is 13.2 Å². The van der Waals surface area contributed by atoms with E-state index in [1.807, 2.05) is 0 Å². The summed E-state index contributed by atoms with van der Waals surface area (Å²) in [6.07, 6.45) is -4.44. The molecular formula is C16H19ClF3N3O2. The van der Waals surface area contributed by atoms with Gasteiger partial charge in [0.1, 0.15) is 0 Å². The lowest BCUT2D eigenvalue weighted by molar-refractivity contribution is -0.137. The quantitative estimate of drug-likeness (QED) is 0.840. The van der Waals surface area contributed by atoms with Gasteiger partial charge in [-0.15, -0.1) is 12.4 Å². The third-order valence-electron chi connectivity index (χ3n) is 4.62. The zero-order valence-electron chi connectivity index (χ0n) is 13.3. The third kappa shape index (κ3) is 4.43. The average molecular weight is 378 g/mol. The van der Waals surface area contributed by atoms with Crippen molar-refractivity contribution in [3.8, 4) is 0 Å². The molecule has 1 aromatic carbocycles. The van der Waals surface area contributed by atoms with E-state index in [1.54, 1.807) is 4.90 Å². The van der Waals surface area contributed by atoms with Gasteiger partial charge in [-0.1, -0.05) is 0 Å². The molecule has 0 saturated carbocycles. The summed E-state index contributed by atoms with van der Waals surface area (Å²) in [5, 5.41) is 5.76. The zero-order chi connectivity index (χ0) is 17.3. The van der Waals surface area contributed by atoms with E-state index in [1.165, 1.54) is 0 Å². The van der Waals surface area contributed by atoms with Crippen molar-refractivity contribution in [3.63, 3.8) is 0 Å². The average Bonchev–Trinajstić information content (AvgIpc) is 3.13. The fourth-order valence-electron chi connectivity index (χ4n) is 3.24. The smallest absolute Gasteiger partial charge is 0.343 e. The predicted molar refractivity (Wildman–Crippen MR) is 87.5 cm³/mol. The van der Waals surface area contributed by atoms with Crippen molar-refractivity contribution in [1.82, 2.24) is 15.5 Å². The second kappa shape index (κ2) is 7.61. The van der Waals surface area contributed by atoms with Gasteiger partial charge in [-0.3, -0.25) is 9.59 Å². The summed E-state index contributed by atoms with van der Waals surface area (Å²) in [5.74, 6) is 0.224. The van der Waals surface area contributed by atoms with Crippen LogP contribution >= 0.6 is 12.4 Å². The molecule has 2 fully saturated rings. The summed E-state index contributed by atoms with van der Waals surface area (Å²) in [4.78, 5) is 25.8. The Bertz CT molecular complexity index is 625. The highest BCUT2D eigenvalue weighted by molar-refractivity contribution is 5.96. The van der Waals surface area contributed by atoms with Crippen LogP contribution in [0.5, 0.6) is 0 Å². The van der Waals surface area contributed by atoms with Crippen LogP contribution in [-0.2, 0) is 11.0 Å². The van der Waals surface area contributed by atoms with Crippen LogP contribution in [0.1, 0.15) is 15.9 Å². The number of benzene rings is 1. The van der Waals surface area contributed by atoms with Gasteiger partial charge < -0.3 is 15.5 Å². The van der Waals surface area contributed by atoms with Gasteiger partial charge in [0.05, 0.1) is 12.1 Å². The Morgan fingerprint density at radius 2 is 1.68 bits per heavy atom. The van der Waals surface area contributed by atoms with Crippen molar-refractivity contribution in [2.24, 2.45) is 11.8 Å². The molecule has 2 aliphatic heterocycles. The summed E-state index contributed by atoms with van der Waals surface area (Å²) in [5.41, 5.74) is -0.717. The maximum atomic E-state index is 12.5. The number of carbonyl (C=O) groups is 2. The van der Waals surface area contributed by atoms with E-state index >= 15 is 0 Å². The fourth-order valence-corrected chi connectivity index (χ4v) is 3.24. The highest BCUT2D eigenvalue weighted by Crippen LogP contribution is 2.29. The number of halogens is 4. The number of alkyl halides is 3. The number of rotatable bonds is 3. The minimum absolute atomic E-state index is 0. The Balaban J connectivity index is 0.00000225. The van der Waals surface area contributed by atoms with Gasteiger partial charge in [0.25, 0.3) is 5.91 Å². The highest BCUT2D eigenvalue weighted by atomic mass is 35.5. The number of amides is 2. The Hall–Kier alpha value is -1.80. The number of carbonyl (C=O) groups excluding carboxylic acids is 2. The Labute approximate surface area is 149 Å². The van der Waals surface area contributed by atoms with Crippen LogP contribution < -0.4 is 10.6 Å². The molecular weight excluding hydrogens is 359 g/mol. The normalized spacial score (nSPS) is 22.3. The molecule has 2 atom stereocenters. The van der Waals surface area contributed by atoms with Gasteiger partial charge in [-0.05, 0) is 36.1 Å². The second-order valence-corrected chi connectivity index (χ2v) is 6.23. The minimum atomic E-state index is -4.44. The van der Waals surface area contributed by atoms with Crippen molar-refractivity contribution >= 4 is 24.2 Å². The largest absolute Gasteiger partial charge is 0.416 e. The highest BCUT2D eigenvalue weighted by Gasteiger charge is 2.37. The van der Waals surface area contributed by atoms with Gasteiger partial charge in [-0.2, -0.15) is 13.2 Å². The Kier molecular flexibility index (Phi) is 5.95. The first-order valence-electron chi connectivity index (χ1n) is 7.78. The van der Waals surface area contributed by atoms with Gasteiger partial charge in [0.15, 0.2) is 0 Å². The molecule has 0 unspecified atom stereocenters. The van der Waals surface area contributed by atoms with Crippen molar-refractivity contribution in [2.75, 3.05) is 32.7 Å². The standard InChI is InChI=1S/C16H18F3N3O2.ClH/c17-16(18,19)13-3-1-10(2-4-13)15(24)21-7-14(23)22-8-11-5-20-6-12(11)9-22;/h1-4,11-12,20H,5-9H2,(H,21,24);1H/t11-,12+;. The van der Waals surface area contributed by atoms with Crippen molar-refractivity contribution in [1.29, 1.82) is 0 Å². The first-order chi connectivity index (χ1) is 11.3. The molecule has 2 aliphatic rings. The van der Waals surface area contributed by atoms with E-state index in [2.05, 4.69) is 10.6 Å². The van der Waals surface area contributed by atoms with E-state index in [9.17, 15) is 22.8 Å². The molecule has 0 aromatic heterocycles. The summed E-state index contributed by atoms with van der Waals surface area (Å²) in [7, 11) is 0. The lowest BCUT2D eigenvalue weighted by atomic mass is 10.0. The summed E-state index contributed by atoms with van der Waals surface area (Å²) >= 11 is 0. The molecule has 2 amide bonds. The van der Waals surface area contributed by atoms with Crippen LogP contribution in [0.2, 0.25) is 0 Å². The second-order valence-electron chi connectivity index (χ2n) is 6.23. The van der Waals surface area contributed by atoms with Crippen LogP contribution in [0.15, 0.2) is 24.3 Å². The molecule has 2 N–H and O–H groups in total. The third-order valence-corrected chi connectivity index (χ3v) is 4.62. The van der Waals surface area contributed by atoms with E-state index in [-0.39, 0.29) is 30.4 Å². The molecule has 0 radical (unpaired) electrons. The van der Waals surface area contributed by atoms with Crippen LogP contribution in [0.3, 0.4) is 0 Å². The molecule has 5 nitrogen and oxygen atoms in total. The number of hydrogen-bond acceptors (Lipinski definition) is 3. The SMILES string of the molecule is Cl.O=C(NCC(=O)N1C[C@H]2CNC[C@H]2C1)c1ccc(C(F)(F)F)cc1. The van der Waals surface area contributed by atoms with Crippen molar-refractivity contribution < 1.29 is 22.8 Å². The molecule has 138 valence electrons. The lowest BCUT2D eigenvalue weighted by Gasteiger charge is -2.17. The monoisotopic (exact) mass is 377 g/mol. The summed E-state index contributed by atoms with van der Waals surface area (Å²) in [6.45, 7) is 3.05.